The summed E-state index contributed by atoms with van der Waals surface area (Å²) in [6.07, 6.45) is 15.8. The van der Waals surface area contributed by atoms with Gasteiger partial charge >= 0.3 is 0 Å². The van der Waals surface area contributed by atoms with Crippen LogP contribution >= 0.6 is 0 Å². The van der Waals surface area contributed by atoms with Crippen LogP contribution < -0.4 is 0 Å². The van der Waals surface area contributed by atoms with Gasteiger partial charge in [0.15, 0.2) is 0 Å². The minimum absolute atomic E-state index is 0.0927. The highest BCUT2D eigenvalue weighted by Crippen LogP contribution is 2.67. The molecule has 0 radical (unpaired) electrons. The van der Waals surface area contributed by atoms with E-state index in [1.807, 2.05) is 0 Å². The molecule has 4 aliphatic carbocycles. The maximum Gasteiger partial charge on any atom is 0.0602 e. The van der Waals surface area contributed by atoms with E-state index in [0.29, 0.717) is 17.3 Å². The smallest absolute Gasteiger partial charge is 0.0602 e. The fourth-order valence-corrected chi connectivity index (χ4v) is 9.65. The van der Waals surface area contributed by atoms with Crippen LogP contribution in [0.4, 0.5) is 0 Å². The Kier molecular flexibility index (Phi) is 6.78. The number of allylic oxidation sites excluding steroid dienone is 2. The van der Waals surface area contributed by atoms with Gasteiger partial charge in [-0.1, -0.05) is 73.0 Å². The van der Waals surface area contributed by atoms with Crippen molar-refractivity contribution in [3.8, 4) is 0 Å². The molecule has 31 heavy (non-hydrogen) atoms. The summed E-state index contributed by atoms with van der Waals surface area (Å²) in [5.41, 5.74) is 2.41. The molecule has 4 unspecified atom stereocenters. The Labute approximate surface area is 193 Å². The Morgan fingerprint density at radius 1 is 1.00 bits per heavy atom. The Morgan fingerprint density at radius 2 is 1.74 bits per heavy atom. The highest BCUT2D eigenvalue weighted by atomic mass is 16.3. The van der Waals surface area contributed by atoms with Crippen molar-refractivity contribution in [2.75, 3.05) is 0 Å². The van der Waals surface area contributed by atoms with Crippen molar-refractivity contribution in [2.24, 2.45) is 58.2 Å². The normalized spacial score (nSPS) is 46.7. The van der Waals surface area contributed by atoms with Crippen LogP contribution in [0.5, 0.6) is 0 Å². The van der Waals surface area contributed by atoms with Crippen molar-refractivity contribution >= 4 is 0 Å². The molecule has 3 saturated carbocycles. The maximum absolute atomic E-state index is 11.2. The molecule has 0 aromatic heterocycles. The van der Waals surface area contributed by atoms with E-state index in [1.165, 1.54) is 57.8 Å². The molecule has 10 atom stereocenters. The second-order valence-electron chi connectivity index (χ2n) is 13.3. The number of aliphatic hydroxyl groups is 1. The standard InChI is InChI=1S/C30H52O/c1-8-22(19(2)3)11-9-20(4)24-14-15-26-23-12-13-25-21(5)10-16-28(31)30(25,7)27(23)17-18-29(24,26)6/h12,19-22,24-28,31H,8-11,13-18H2,1-7H3/t20-,21?,22?,24-,25?,26+,27+,28?,29-,30+/m1/s1. The zero-order valence-electron chi connectivity index (χ0n) is 21.8. The van der Waals surface area contributed by atoms with Gasteiger partial charge in [0.25, 0.3) is 0 Å². The molecule has 178 valence electrons. The van der Waals surface area contributed by atoms with Gasteiger partial charge in [0, 0.05) is 5.41 Å². The van der Waals surface area contributed by atoms with E-state index in [1.54, 1.807) is 5.57 Å². The van der Waals surface area contributed by atoms with Gasteiger partial charge in [-0.2, -0.15) is 0 Å². The summed E-state index contributed by atoms with van der Waals surface area (Å²) in [5.74, 6) is 6.35. The van der Waals surface area contributed by atoms with Crippen molar-refractivity contribution in [1.29, 1.82) is 0 Å². The van der Waals surface area contributed by atoms with Gasteiger partial charge in [0.05, 0.1) is 6.10 Å². The van der Waals surface area contributed by atoms with Gasteiger partial charge in [-0.3, -0.25) is 0 Å². The van der Waals surface area contributed by atoms with Crippen LogP contribution in [0.3, 0.4) is 0 Å². The highest BCUT2D eigenvalue weighted by Gasteiger charge is 2.60. The van der Waals surface area contributed by atoms with Crippen molar-refractivity contribution in [2.45, 2.75) is 119 Å². The summed E-state index contributed by atoms with van der Waals surface area (Å²) in [7, 11) is 0. The van der Waals surface area contributed by atoms with Crippen LogP contribution in [0.25, 0.3) is 0 Å². The van der Waals surface area contributed by atoms with Crippen LogP contribution in [-0.4, -0.2) is 11.2 Å². The second-order valence-corrected chi connectivity index (χ2v) is 13.3. The molecule has 0 amide bonds. The monoisotopic (exact) mass is 428 g/mol. The Hall–Kier alpha value is -0.300. The lowest BCUT2D eigenvalue weighted by atomic mass is 9.45. The quantitative estimate of drug-likeness (QED) is 0.422. The largest absolute Gasteiger partial charge is 0.393 e. The van der Waals surface area contributed by atoms with E-state index in [-0.39, 0.29) is 11.5 Å². The molecule has 1 heteroatoms. The molecule has 0 aromatic carbocycles. The Balaban J connectivity index is 1.52. The molecule has 4 aliphatic rings. The lowest BCUT2D eigenvalue weighted by Crippen LogP contribution is -2.55. The zero-order valence-corrected chi connectivity index (χ0v) is 21.8. The van der Waals surface area contributed by atoms with Crippen LogP contribution in [0, 0.1) is 58.2 Å². The van der Waals surface area contributed by atoms with Crippen molar-refractivity contribution in [3.05, 3.63) is 11.6 Å². The van der Waals surface area contributed by atoms with E-state index >= 15 is 0 Å². The Morgan fingerprint density at radius 3 is 2.42 bits per heavy atom. The number of aliphatic hydroxyl groups excluding tert-OH is 1. The average molecular weight is 429 g/mol. The maximum atomic E-state index is 11.2. The minimum atomic E-state index is -0.0927. The second kappa shape index (κ2) is 8.81. The van der Waals surface area contributed by atoms with Crippen LogP contribution in [-0.2, 0) is 0 Å². The van der Waals surface area contributed by atoms with E-state index in [2.05, 4.69) is 54.5 Å². The van der Waals surface area contributed by atoms with E-state index in [0.717, 1.165) is 41.9 Å². The number of rotatable bonds is 6. The predicted octanol–water partition coefficient (Wildman–Crippen LogP) is 8.27. The molecule has 3 fully saturated rings. The first-order chi connectivity index (χ1) is 14.6. The fraction of sp³-hybridized carbons (Fsp3) is 0.933. The van der Waals surface area contributed by atoms with Crippen LogP contribution in [0.15, 0.2) is 11.6 Å². The first-order valence-electron chi connectivity index (χ1n) is 14.0. The highest BCUT2D eigenvalue weighted by molar-refractivity contribution is 5.28. The molecule has 1 nitrogen and oxygen atoms in total. The molecule has 0 saturated heterocycles. The molecule has 0 heterocycles. The summed E-state index contributed by atoms with van der Waals surface area (Å²) < 4.78 is 0. The molecule has 4 rings (SSSR count). The lowest BCUT2D eigenvalue weighted by molar-refractivity contribution is -0.114. The number of fused-ring (bicyclic) bond motifs is 5. The topological polar surface area (TPSA) is 20.2 Å². The first-order valence-corrected chi connectivity index (χ1v) is 14.0. The molecular formula is C30H52O. The number of hydrogen-bond acceptors (Lipinski definition) is 1. The molecule has 1 N–H and O–H groups in total. The molecular weight excluding hydrogens is 376 g/mol. The summed E-state index contributed by atoms with van der Waals surface area (Å²) >= 11 is 0. The van der Waals surface area contributed by atoms with E-state index in [9.17, 15) is 5.11 Å². The van der Waals surface area contributed by atoms with Gasteiger partial charge in [-0.25, -0.2) is 0 Å². The Bertz CT molecular complexity index is 663. The third kappa shape index (κ3) is 3.77. The van der Waals surface area contributed by atoms with Gasteiger partial charge in [-0.15, -0.1) is 0 Å². The lowest BCUT2D eigenvalue weighted by Gasteiger charge is -2.60. The summed E-state index contributed by atoms with van der Waals surface area (Å²) in [5, 5.41) is 11.2. The van der Waals surface area contributed by atoms with Gasteiger partial charge < -0.3 is 5.11 Å². The van der Waals surface area contributed by atoms with E-state index in [4.69, 9.17) is 0 Å². The van der Waals surface area contributed by atoms with Crippen molar-refractivity contribution in [3.63, 3.8) is 0 Å². The van der Waals surface area contributed by atoms with Crippen LogP contribution in [0.1, 0.15) is 113 Å². The van der Waals surface area contributed by atoms with Crippen LogP contribution in [0.2, 0.25) is 0 Å². The first kappa shape index (κ1) is 23.8. The van der Waals surface area contributed by atoms with Gasteiger partial charge in [0.2, 0.25) is 0 Å². The molecule has 0 aromatic rings. The van der Waals surface area contributed by atoms with Gasteiger partial charge in [0.1, 0.15) is 0 Å². The van der Waals surface area contributed by atoms with Gasteiger partial charge in [-0.05, 0) is 104 Å². The summed E-state index contributed by atoms with van der Waals surface area (Å²) in [6.45, 7) is 17.4. The van der Waals surface area contributed by atoms with Crippen molar-refractivity contribution < 1.29 is 5.11 Å². The third-order valence-corrected chi connectivity index (χ3v) is 11.8. The summed E-state index contributed by atoms with van der Waals surface area (Å²) in [4.78, 5) is 0. The SMILES string of the molecule is CCC(CC[C@@H](C)[C@H]1CC[C@H]2C3=CCC4C(C)CCC(O)[C@]4(C)[C@H]3CC[C@]12C)C(C)C. The molecule has 0 spiro atoms. The zero-order chi connectivity index (χ0) is 22.6. The molecule has 0 bridgehead atoms. The average Bonchev–Trinajstić information content (AvgIpc) is 3.08. The predicted molar refractivity (Wildman–Crippen MR) is 133 cm³/mol. The van der Waals surface area contributed by atoms with E-state index < -0.39 is 0 Å². The molecule has 0 aliphatic heterocycles. The third-order valence-electron chi connectivity index (χ3n) is 11.8. The minimum Gasteiger partial charge on any atom is -0.393 e. The fourth-order valence-electron chi connectivity index (χ4n) is 9.65. The summed E-state index contributed by atoms with van der Waals surface area (Å²) in [6, 6.07) is 0. The van der Waals surface area contributed by atoms with Crippen molar-refractivity contribution in [1.82, 2.24) is 0 Å². The number of hydrogen-bond donors (Lipinski definition) is 1.